The first-order chi connectivity index (χ1) is 19.7. The molecule has 0 saturated carbocycles. The molecule has 0 bridgehead atoms. The van der Waals surface area contributed by atoms with Gasteiger partial charge in [0.05, 0.1) is 36.1 Å². The molecule has 3 aromatic carbocycles. The first kappa shape index (κ1) is 29.4. The molecule has 10 nitrogen and oxygen atoms in total. The van der Waals surface area contributed by atoms with Crippen LogP contribution in [0.5, 0.6) is 11.5 Å². The van der Waals surface area contributed by atoms with Crippen molar-refractivity contribution in [2.75, 3.05) is 30.4 Å². The molecule has 0 unspecified atom stereocenters. The van der Waals surface area contributed by atoms with Crippen molar-refractivity contribution in [2.24, 2.45) is 0 Å². The van der Waals surface area contributed by atoms with Crippen LogP contribution in [-0.4, -0.2) is 46.0 Å². The minimum Gasteiger partial charge on any atom is -0.493 e. The topological polar surface area (TPSA) is 127 Å². The number of ether oxygens (including phenoxy) is 2. The summed E-state index contributed by atoms with van der Waals surface area (Å²) in [5.41, 5.74) is 1.45. The number of pyridine rings is 1. The van der Waals surface area contributed by atoms with E-state index in [0.29, 0.717) is 10.8 Å². The number of hydrogen-bond acceptors (Lipinski definition) is 7. The Morgan fingerprint density at radius 1 is 0.927 bits per heavy atom. The molecule has 0 radical (unpaired) electrons. The van der Waals surface area contributed by atoms with E-state index in [2.05, 4.69) is 15.6 Å². The van der Waals surface area contributed by atoms with Gasteiger partial charge in [0, 0.05) is 30.0 Å². The summed E-state index contributed by atoms with van der Waals surface area (Å²) in [5, 5.41) is 5.87. The molecule has 41 heavy (non-hydrogen) atoms. The maximum absolute atomic E-state index is 13.8. The summed E-state index contributed by atoms with van der Waals surface area (Å²) in [5.74, 6) is -0.533. The second kappa shape index (κ2) is 13.2. The lowest BCUT2D eigenvalue weighted by Gasteiger charge is -2.25. The van der Waals surface area contributed by atoms with Crippen molar-refractivity contribution in [3.8, 4) is 11.5 Å². The molecule has 1 aromatic heterocycles. The molecule has 0 atom stereocenters. The summed E-state index contributed by atoms with van der Waals surface area (Å²) in [7, 11) is -1.44. The van der Waals surface area contributed by atoms with Gasteiger partial charge in [0.15, 0.2) is 11.5 Å². The predicted molar refractivity (Wildman–Crippen MR) is 156 cm³/mol. The maximum atomic E-state index is 13.8. The van der Waals surface area contributed by atoms with Crippen molar-refractivity contribution in [1.82, 2.24) is 10.3 Å². The fourth-order valence-electron chi connectivity index (χ4n) is 3.92. The molecule has 2 amide bonds. The molecule has 0 spiro atoms. The number of benzene rings is 3. The van der Waals surface area contributed by atoms with E-state index in [0.717, 1.165) is 9.87 Å². The number of nitrogens with zero attached hydrogens (tertiary/aromatic N) is 2. The van der Waals surface area contributed by atoms with Gasteiger partial charge in [-0.25, -0.2) is 8.42 Å². The molecule has 4 rings (SSSR count). The summed E-state index contributed by atoms with van der Waals surface area (Å²) in [6.45, 7) is -0.354. The van der Waals surface area contributed by atoms with Gasteiger partial charge < -0.3 is 20.1 Å². The number of hydrogen-bond donors (Lipinski definition) is 2. The highest BCUT2D eigenvalue weighted by molar-refractivity contribution is 7.92. The largest absolute Gasteiger partial charge is 0.493 e. The van der Waals surface area contributed by atoms with E-state index in [1.165, 1.54) is 56.7 Å². The number of anilines is 2. The molecule has 4 aromatic rings. The minimum absolute atomic E-state index is 0.118. The van der Waals surface area contributed by atoms with Gasteiger partial charge in [-0.3, -0.25) is 18.9 Å². The van der Waals surface area contributed by atoms with E-state index in [1.54, 1.807) is 42.7 Å². The van der Waals surface area contributed by atoms with Crippen LogP contribution in [0.15, 0.2) is 96.2 Å². The smallest absolute Gasteiger partial charge is 0.264 e. The first-order valence-electron chi connectivity index (χ1n) is 12.3. The lowest BCUT2D eigenvalue weighted by molar-refractivity contribution is -0.114. The third-order valence-corrected chi connectivity index (χ3v) is 7.99. The Balaban J connectivity index is 1.59. The molecule has 0 saturated heterocycles. The normalized spacial score (nSPS) is 10.9. The Hall–Kier alpha value is -4.61. The molecule has 12 heteroatoms. The Labute approximate surface area is 242 Å². The number of rotatable bonds is 11. The summed E-state index contributed by atoms with van der Waals surface area (Å²) < 4.78 is 39.1. The molecule has 212 valence electrons. The van der Waals surface area contributed by atoms with Gasteiger partial charge in [-0.05, 0) is 60.2 Å². The van der Waals surface area contributed by atoms with Crippen LogP contribution >= 0.6 is 11.6 Å². The van der Waals surface area contributed by atoms with Crippen molar-refractivity contribution in [3.05, 3.63) is 107 Å². The van der Waals surface area contributed by atoms with Crippen LogP contribution in [0.25, 0.3) is 0 Å². The number of methoxy groups -OCH3 is 2. The molecule has 0 aliphatic carbocycles. The van der Waals surface area contributed by atoms with Gasteiger partial charge in [0.25, 0.3) is 15.9 Å². The number of carbonyl (C=O) groups excluding carboxylic acids is 2. The number of amides is 2. The van der Waals surface area contributed by atoms with Crippen LogP contribution in [0.3, 0.4) is 0 Å². The lowest BCUT2D eigenvalue weighted by Crippen LogP contribution is -2.38. The average Bonchev–Trinajstić information content (AvgIpc) is 2.99. The van der Waals surface area contributed by atoms with Gasteiger partial charge in [0.2, 0.25) is 5.91 Å². The van der Waals surface area contributed by atoms with Gasteiger partial charge in [-0.15, -0.1) is 0 Å². The number of carbonyl (C=O) groups is 2. The highest BCUT2D eigenvalue weighted by atomic mass is 35.5. The van der Waals surface area contributed by atoms with Crippen LogP contribution in [-0.2, 0) is 21.4 Å². The zero-order chi connectivity index (χ0) is 29.4. The van der Waals surface area contributed by atoms with Crippen molar-refractivity contribution < 1.29 is 27.5 Å². The van der Waals surface area contributed by atoms with E-state index >= 15 is 0 Å². The number of halogens is 1. The Morgan fingerprint density at radius 3 is 2.34 bits per heavy atom. The fraction of sp³-hybridized carbons (Fsp3) is 0.138. The zero-order valence-corrected chi connectivity index (χ0v) is 23.8. The summed E-state index contributed by atoms with van der Waals surface area (Å²) in [6.07, 6.45) is 3.27. The van der Waals surface area contributed by atoms with Crippen molar-refractivity contribution in [3.63, 3.8) is 0 Å². The lowest BCUT2D eigenvalue weighted by atomic mass is 10.1. The second-order valence-electron chi connectivity index (χ2n) is 8.64. The monoisotopic (exact) mass is 594 g/mol. The molecule has 2 N–H and O–H groups in total. The number of sulfonamides is 1. The summed E-state index contributed by atoms with van der Waals surface area (Å²) >= 11 is 6.03. The summed E-state index contributed by atoms with van der Waals surface area (Å²) in [6, 6.07) is 20.2. The first-order valence-corrected chi connectivity index (χ1v) is 14.1. The van der Waals surface area contributed by atoms with E-state index in [1.807, 2.05) is 6.07 Å². The average molecular weight is 595 g/mol. The second-order valence-corrected chi connectivity index (χ2v) is 10.9. The van der Waals surface area contributed by atoms with E-state index in [9.17, 15) is 18.0 Å². The summed E-state index contributed by atoms with van der Waals surface area (Å²) in [4.78, 5) is 30.1. The van der Waals surface area contributed by atoms with Crippen LogP contribution in [0.1, 0.15) is 15.9 Å². The standard InChI is InChI=1S/C29H27ClN4O6S/c1-39-26-14-13-23(16-27(26)40-2)41(37,38)34(22-11-9-21(30)10-12-22)19-28(35)33-25-8-4-3-7-24(25)29(36)32-18-20-6-5-15-31-17-20/h3-17H,18-19H2,1-2H3,(H,32,36)(H,33,35). The fourth-order valence-corrected chi connectivity index (χ4v) is 5.48. The SMILES string of the molecule is COc1ccc(S(=O)(=O)N(CC(=O)Nc2ccccc2C(=O)NCc2cccnc2)c2ccc(Cl)cc2)cc1OC. The van der Waals surface area contributed by atoms with Crippen molar-refractivity contribution in [2.45, 2.75) is 11.4 Å². The van der Waals surface area contributed by atoms with E-state index < -0.39 is 28.4 Å². The van der Waals surface area contributed by atoms with Crippen LogP contribution in [0, 0.1) is 0 Å². The number of aromatic nitrogens is 1. The van der Waals surface area contributed by atoms with Crippen LogP contribution < -0.4 is 24.4 Å². The predicted octanol–water partition coefficient (Wildman–Crippen LogP) is 4.52. The Morgan fingerprint density at radius 2 is 1.66 bits per heavy atom. The van der Waals surface area contributed by atoms with Crippen molar-refractivity contribution in [1.29, 1.82) is 0 Å². The number of para-hydroxylation sites is 1. The third-order valence-electron chi connectivity index (χ3n) is 5.97. The van der Waals surface area contributed by atoms with E-state index in [4.69, 9.17) is 21.1 Å². The van der Waals surface area contributed by atoms with Gasteiger partial charge >= 0.3 is 0 Å². The molecular weight excluding hydrogens is 568 g/mol. The van der Waals surface area contributed by atoms with Gasteiger partial charge in [-0.2, -0.15) is 0 Å². The zero-order valence-electron chi connectivity index (χ0n) is 22.2. The molecule has 1 heterocycles. The van der Waals surface area contributed by atoms with Gasteiger partial charge in [0.1, 0.15) is 6.54 Å². The van der Waals surface area contributed by atoms with E-state index in [-0.39, 0.29) is 34.1 Å². The highest BCUT2D eigenvalue weighted by Crippen LogP contribution is 2.32. The maximum Gasteiger partial charge on any atom is 0.264 e. The molecule has 0 aliphatic heterocycles. The van der Waals surface area contributed by atoms with Crippen LogP contribution in [0.4, 0.5) is 11.4 Å². The van der Waals surface area contributed by atoms with Crippen LogP contribution in [0.2, 0.25) is 5.02 Å². The highest BCUT2D eigenvalue weighted by Gasteiger charge is 2.29. The molecule has 0 aliphatic rings. The molecule has 0 fully saturated rings. The Kier molecular flexibility index (Phi) is 9.43. The van der Waals surface area contributed by atoms with Gasteiger partial charge in [-0.1, -0.05) is 29.8 Å². The molecular formula is C29H27ClN4O6S. The minimum atomic E-state index is -4.27. The quantitative estimate of drug-likeness (QED) is 0.261. The van der Waals surface area contributed by atoms with Crippen molar-refractivity contribution >= 4 is 44.8 Å². The number of nitrogens with one attached hydrogen (secondary N) is 2. The Bertz CT molecular complexity index is 1630. The third kappa shape index (κ3) is 7.13.